The predicted molar refractivity (Wildman–Crippen MR) is 159 cm³/mol. The number of hydrazone groups is 1. The maximum atomic E-state index is 13.7. The van der Waals surface area contributed by atoms with Crippen molar-refractivity contribution in [3.63, 3.8) is 0 Å². The molecule has 2 aliphatic rings. The van der Waals surface area contributed by atoms with Crippen molar-refractivity contribution in [3.8, 4) is 39.9 Å². The molecule has 6 rings (SSSR count). The summed E-state index contributed by atoms with van der Waals surface area (Å²) in [5.74, 6) is -6.35. The van der Waals surface area contributed by atoms with Crippen LogP contribution in [0.4, 0.5) is 0 Å². The number of fused-ring (bicyclic) bond motifs is 5. The van der Waals surface area contributed by atoms with E-state index in [1.165, 1.54) is 20.1 Å². The van der Waals surface area contributed by atoms with Crippen LogP contribution >= 0.6 is 0 Å². The fraction of sp³-hybridized carbons (Fsp3) is 0.121. The third-order valence-corrected chi connectivity index (χ3v) is 8.11. The van der Waals surface area contributed by atoms with Crippen molar-refractivity contribution < 1.29 is 49.4 Å². The molecule has 0 fully saturated rings. The van der Waals surface area contributed by atoms with Crippen LogP contribution in [0.15, 0.2) is 47.6 Å². The monoisotopic (exact) mass is 608 g/mol. The van der Waals surface area contributed by atoms with Crippen LogP contribution in [0.1, 0.15) is 74.8 Å². The Morgan fingerprint density at radius 1 is 0.867 bits per heavy atom. The lowest BCUT2D eigenvalue weighted by atomic mass is 9.74. The van der Waals surface area contributed by atoms with E-state index in [0.717, 1.165) is 12.3 Å². The Morgan fingerprint density at radius 3 is 2.24 bits per heavy atom. The van der Waals surface area contributed by atoms with E-state index in [0.29, 0.717) is 11.1 Å². The van der Waals surface area contributed by atoms with E-state index in [1.54, 1.807) is 30.3 Å². The number of carboxylic acid groups (broad SMARTS) is 1. The number of carboxylic acids is 1. The van der Waals surface area contributed by atoms with Gasteiger partial charge in [0, 0.05) is 38.9 Å². The fourth-order valence-corrected chi connectivity index (χ4v) is 5.98. The Labute approximate surface area is 254 Å². The van der Waals surface area contributed by atoms with Crippen molar-refractivity contribution in [2.24, 2.45) is 5.10 Å². The van der Waals surface area contributed by atoms with Gasteiger partial charge in [-0.3, -0.25) is 14.4 Å². The first kappa shape index (κ1) is 28.9. The number of phenolic OH excluding ortho intramolecular Hbond substituents is 3. The molecule has 4 aromatic rings. The lowest BCUT2D eigenvalue weighted by Crippen LogP contribution is -2.24. The lowest BCUT2D eigenvalue weighted by Gasteiger charge is -2.30. The van der Waals surface area contributed by atoms with Gasteiger partial charge in [0.15, 0.2) is 5.78 Å². The van der Waals surface area contributed by atoms with Crippen LogP contribution in [-0.4, -0.2) is 62.3 Å². The molecule has 0 bridgehead atoms. The maximum Gasteiger partial charge on any atom is 0.340 e. The Morgan fingerprint density at radius 2 is 1.58 bits per heavy atom. The Kier molecular flexibility index (Phi) is 6.76. The summed E-state index contributed by atoms with van der Waals surface area (Å²) in [6.45, 7) is 1.37. The third kappa shape index (κ3) is 4.26. The molecular formula is C33H24N2O10. The van der Waals surface area contributed by atoms with Crippen LogP contribution in [0.5, 0.6) is 28.7 Å². The van der Waals surface area contributed by atoms with Crippen LogP contribution in [0, 0.1) is 6.92 Å². The number of nitrogens with one attached hydrogen (secondary N) is 1. The number of aryl methyl sites for hydroxylation is 1. The molecule has 226 valence electrons. The summed E-state index contributed by atoms with van der Waals surface area (Å²) in [5, 5.41) is 57.9. The fourth-order valence-electron chi connectivity index (χ4n) is 5.98. The highest BCUT2D eigenvalue weighted by Gasteiger charge is 2.42. The number of nitrogens with zero attached hydrogens (tertiary/aromatic N) is 1. The van der Waals surface area contributed by atoms with Crippen molar-refractivity contribution in [2.75, 3.05) is 7.11 Å². The number of phenols is 4. The Hall–Kier alpha value is -6.17. The topological polar surface area (TPSA) is 203 Å². The second kappa shape index (κ2) is 10.5. The van der Waals surface area contributed by atoms with Crippen LogP contribution < -0.4 is 10.2 Å². The van der Waals surface area contributed by atoms with E-state index in [9.17, 15) is 44.7 Å². The van der Waals surface area contributed by atoms with Gasteiger partial charge >= 0.3 is 5.97 Å². The van der Waals surface area contributed by atoms with Gasteiger partial charge in [0.2, 0.25) is 5.78 Å². The van der Waals surface area contributed by atoms with Crippen molar-refractivity contribution in [1.29, 1.82) is 0 Å². The van der Waals surface area contributed by atoms with Gasteiger partial charge in [-0.05, 0) is 49.6 Å². The summed E-state index contributed by atoms with van der Waals surface area (Å²) < 4.78 is 5.59. The van der Waals surface area contributed by atoms with Crippen LogP contribution in [0.3, 0.4) is 0 Å². The van der Waals surface area contributed by atoms with E-state index >= 15 is 0 Å². The standard InChI is InChI=1S/C33H24N2O10/c1-13-19(36)11-18-23(26(13)37)30(41)25-24(27(18)38)29(40)22-17(31(25)45-2)9-8-15-10-16(21(33(43)44)28(39)20(15)22)12-34-35-32(42)14-6-4-3-5-7-14/h3-7,10-12,36-37,39-40H,8-9H2,1-2H3,(H,35,42)(H,43,44)/b34-12+. The van der Waals surface area contributed by atoms with Crippen LogP contribution in [0.2, 0.25) is 0 Å². The number of methoxy groups -OCH3 is 1. The summed E-state index contributed by atoms with van der Waals surface area (Å²) in [6.07, 6.45) is 1.42. The molecule has 0 radical (unpaired) electrons. The lowest BCUT2D eigenvalue weighted by molar-refractivity contribution is 0.0693. The molecule has 12 nitrogen and oxygen atoms in total. The molecule has 0 saturated carbocycles. The van der Waals surface area contributed by atoms with Crippen molar-refractivity contribution in [3.05, 3.63) is 98.1 Å². The number of hydrogen-bond acceptors (Lipinski definition) is 10. The molecular weight excluding hydrogens is 584 g/mol. The number of carbonyl (C=O) groups excluding carboxylic acids is 3. The molecule has 0 saturated heterocycles. The van der Waals surface area contributed by atoms with E-state index in [-0.39, 0.29) is 63.1 Å². The number of rotatable bonds is 5. The van der Waals surface area contributed by atoms with Crippen LogP contribution in [-0.2, 0) is 12.8 Å². The second-order valence-electron chi connectivity index (χ2n) is 10.5. The number of hydrogen-bond donors (Lipinski definition) is 6. The molecule has 0 heterocycles. The Bertz CT molecular complexity index is 2050. The minimum atomic E-state index is -1.54. The van der Waals surface area contributed by atoms with E-state index in [2.05, 4.69) is 10.5 Å². The summed E-state index contributed by atoms with van der Waals surface area (Å²) in [4.78, 5) is 52.2. The zero-order valence-corrected chi connectivity index (χ0v) is 23.8. The summed E-state index contributed by atoms with van der Waals surface area (Å²) in [6, 6.07) is 10.7. The summed E-state index contributed by atoms with van der Waals surface area (Å²) >= 11 is 0. The number of amides is 1. The number of aromatic carboxylic acids is 1. The van der Waals surface area contributed by atoms with Gasteiger partial charge in [-0.2, -0.15) is 5.10 Å². The molecule has 0 atom stereocenters. The number of carbonyl (C=O) groups is 4. The van der Waals surface area contributed by atoms with Gasteiger partial charge in [-0.15, -0.1) is 0 Å². The second-order valence-corrected chi connectivity index (χ2v) is 10.5. The van der Waals surface area contributed by atoms with Crippen LogP contribution in [0.25, 0.3) is 11.1 Å². The highest BCUT2D eigenvalue weighted by atomic mass is 16.5. The molecule has 6 N–H and O–H groups in total. The SMILES string of the molecule is COc1c2c(c(O)c3c1C(=O)c1c(cc(O)c(C)c1O)C3=O)-c1c(cc(/C=N/NC(=O)c3ccccc3)c(C(=O)O)c1O)CC2. The van der Waals surface area contributed by atoms with Gasteiger partial charge in [0.05, 0.1) is 30.0 Å². The minimum Gasteiger partial charge on any atom is -0.508 e. The average Bonchev–Trinajstić information content (AvgIpc) is 3.02. The van der Waals surface area contributed by atoms with Gasteiger partial charge in [-0.25, -0.2) is 10.2 Å². The molecule has 0 spiro atoms. The summed E-state index contributed by atoms with van der Waals surface area (Å²) in [5.41, 5.74) is 0.950. The molecule has 2 aliphatic carbocycles. The molecule has 0 aromatic heterocycles. The van der Waals surface area contributed by atoms with E-state index in [4.69, 9.17) is 4.74 Å². The summed E-state index contributed by atoms with van der Waals surface area (Å²) in [7, 11) is 1.25. The first-order valence-corrected chi connectivity index (χ1v) is 13.6. The van der Waals surface area contributed by atoms with E-state index < -0.39 is 57.6 Å². The van der Waals surface area contributed by atoms with E-state index in [1.807, 2.05) is 0 Å². The number of ketones is 2. The molecule has 0 unspecified atom stereocenters. The Balaban J connectivity index is 1.53. The zero-order chi connectivity index (χ0) is 32.3. The quantitative estimate of drug-likeness (QED) is 0.126. The zero-order valence-electron chi connectivity index (χ0n) is 23.8. The number of ether oxygens (including phenoxy) is 1. The van der Waals surface area contributed by atoms with Gasteiger partial charge in [0.1, 0.15) is 34.3 Å². The largest absolute Gasteiger partial charge is 0.508 e. The van der Waals surface area contributed by atoms with Crippen molar-refractivity contribution in [2.45, 2.75) is 19.8 Å². The first-order valence-electron chi connectivity index (χ1n) is 13.6. The predicted octanol–water partition coefficient (Wildman–Crippen LogP) is 3.83. The normalized spacial score (nSPS) is 13.1. The molecule has 45 heavy (non-hydrogen) atoms. The molecule has 0 aliphatic heterocycles. The first-order chi connectivity index (χ1) is 21.5. The highest BCUT2D eigenvalue weighted by molar-refractivity contribution is 6.32. The number of benzene rings is 4. The third-order valence-electron chi connectivity index (χ3n) is 8.11. The minimum absolute atomic E-state index is 0.0153. The van der Waals surface area contributed by atoms with Gasteiger partial charge < -0.3 is 30.3 Å². The number of aromatic hydroxyl groups is 4. The highest BCUT2D eigenvalue weighted by Crippen LogP contribution is 2.54. The average molecular weight is 609 g/mol. The smallest absolute Gasteiger partial charge is 0.340 e. The van der Waals surface area contributed by atoms with Gasteiger partial charge in [-0.1, -0.05) is 18.2 Å². The maximum absolute atomic E-state index is 13.7. The van der Waals surface area contributed by atoms with Crippen molar-refractivity contribution >= 4 is 29.7 Å². The molecule has 12 heteroatoms. The molecule has 4 aromatic carbocycles. The van der Waals surface area contributed by atoms with Crippen molar-refractivity contribution in [1.82, 2.24) is 5.43 Å². The molecule has 1 amide bonds. The van der Waals surface area contributed by atoms with Gasteiger partial charge in [0.25, 0.3) is 5.91 Å².